The van der Waals surface area contributed by atoms with Gasteiger partial charge in [-0.05, 0) is 18.2 Å². The fourth-order valence-corrected chi connectivity index (χ4v) is 1.35. The normalized spacial score (nSPS) is 15.3. The molecular weight excluding hydrogens is 221 g/mol. The summed E-state index contributed by atoms with van der Waals surface area (Å²) in [5.41, 5.74) is -0.379. The molecule has 0 spiro atoms. The largest absolute Gasteiger partial charge is 0.416 e. The third-order valence-electron chi connectivity index (χ3n) is 2.11. The fourth-order valence-electron chi connectivity index (χ4n) is 1.35. The van der Waals surface area contributed by atoms with Gasteiger partial charge in [-0.3, -0.25) is 9.79 Å². The molecule has 16 heavy (non-hydrogen) atoms. The van der Waals surface area contributed by atoms with Crippen LogP contribution in [0.15, 0.2) is 23.2 Å². The number of nitrogens with one attached hydrogen (secondary N) is 1. The zero-order valence-electron chi connectivity index (χ0n) is 8.01. The number of carbonyl (C=O) groups excluding carboxylic acids is 1. The van der Waals surface area contributed by atoms with E-state index in [1.165, 1.54) is 12.3 Å². The van der Waals surface area contributed by atoms with Crippen molar-refractivity contribution in [2.75, 3.05) is 5.32 Å². The minimum Gasteiger partial charge on any atom is -0.324 e. The van der Waals surface area contributed by atoms with Gasteiger partial charge in [-0.2, -0.15) is 13.2 Å². The van der Waals surface area contributed by atoms with Gasteiger partial charge < -0.3 is 5.32 Å². The van der Waals surface area contributed by atoms with Crippen molar-refractivity contribution in [1.29, 1.82) is 0 Å². The second-order valence-electron chi connectivity index (χ2n) is 3.29. The fraction of sp³-hybridized carbons (Fsp3) is 0.200. The van der Waals surface area contributed by atoms with Gasteiger partial charge in [0, 0.05) is 6.21 Å². The summed E-state index contributed by atoms with van der Waals surface area (Å²) in [5.74, 6) is -0.373. The van der Waals surface area contributed by atoms with Crippen molar-refractivity contribution >= 4 is 23.5 Å². The molecular formula is C10H7F3N2O. The molecule has 6 heteroatoms. The molecule has 1 aromatic rings. The number of alkyl halides is 3. The lowest BCUT2D eigenvalue weighted by atomic mass is 10.1. The number of anilines is 1. The first-order valence-electron chi connectivity index (χ1n) is 4.50. The highest BCUT2D eigenvalue weighted by molar-refractivity contribution is 6.03. The second-order valence-corrected chi connectivity index (χ2v) is 3.29. The van der Waals surface area contributed by atoms with Crippen molar-refractivity contribution in [2.45, 2.75) is 12.6 Å². The maximum Gasteiger partial charge on any atom is 0.416 e. The highest BCUT2D eigenvalue weighted by Crippen LogP contribution is 2.35. The van der Waals surface area contributed by atoms with Gasteiger partial charge in [0.15, 0.2) is 0 Å². The zero-order chi connectivity index (χ0) is 11.8. The number of amides is 1. The van der Waals surface area contributed by atoms with E-state index in [2.05, 4.69) is 10.3 Å². The molecule has 0 radical (unpaired) electrons. The van der Waals surface area contributed by atoms with E-state index in [4.69, 9.17) is 0 Å². The van der Waals surface area contributed by atoms with Crippen molar-refractivity contribution in [1.82, 2.24) is 0 Å². The van der Waals surface area contributed by atoms with Crippen molar-refractivity contribution in [2.24, 2.45) is 4.99 Å². The Morgan fingerprint density at radius 1 is 1.31 bits per heavy atom. The summed E-state index contributed by atoms with van der Waals surface area (Å²) in [5, 5.41) is 2.37. The molecule has 1 aliphatic rings. The van der Waals surface area contributed by atoms with E-state index in [1.807, 2.05) is 0 Å². The first-order chi connectivity index (χ1) is 7.47. The monoisotopic (exact) mass is 228 g/mol. The second kappa shape index (κ2) is 3.62. The highest BCUT2D eigenvalue weighted by Gasteiger charge is 2.31. The Balaban J connectivity index is 2.46. The summed E-state index contributed by atoms with van der Waals surface area (Å²) in [6.07, 6.45) is -2.99. The number of rotatable bonds is 0. The summed E-state index contributed by atoms with van der Waals surface area (Å²) >= 11 is 0. The summed E-state index contributed by atoms with van der Waals surface area (Å²) in [4.78, 5) is 15.0. The number of hydrogen-bond acceptors (Lipinski definition) is 2. The number of aliphatic imine (C=N–C) groups is 1. The zero-order valence-corrected chi connectivity index (χ0v) is 8.01. The van der Waals surface area contributed by atoms with E-state index in [0.29, 0.717) is 5.69 Å². The third kappa shape index (κ3) is 2.05. The van der Waals surface area contributed by atoms with Gasteiger partial charge in [-0.25, -0.2) is 0 Å². The molecule has 84 valence electrons. The van der Waals surface area contributed by atoms with Crippen LogP contribution in [0.4, 0.5) is 24.5 Å². The van der Waals surface area contributed by atoms with E-state index in [-0.39, 0.29) is 18.0 Å². The molecule has 0 fully saturated rings. The lowest BCUT2D eigenvalue weighted by Gasteiger charge is -2.10. The Hall–Kier alpha value is -1.85. The van der Waals surface area contributed by atoms with Crippen LogP contribution in [-0.4, -0.2) is 12.1 Å². The van der Waals surface area contributed by atoms with Crippen molar-refractivity contribution in [3.8, 4) is 0 Å². The molecule has 0 aliphatic carbocycles. The summed E-state index contributed by atoms with van der Waals surface area (Å²) in [6, 6.07) is 3.06. The minimum atomic E-state index is -4.42. The van der Waals surface area contributed by atoms with Gasteiger partial charge in [0.2, 0.25) is 5.91 Å². The first kappa shape index (κ1) is 10.7. The van der Waals surface area contributed by atoms with Crippen LogP contribution >= 0.6 is 0 Å². The average molecular weight is 228 g/mol. The average Bonchev–Trinajstić information content (AvgIpc) is 2.35. The molecule has 0 atom stereocenters. The summed E-state index contributed by atoms with van der Waals surface area (Å²) in [7, 11) is 0. The van der Waals surface area contributed by atoms with Crippen molar-refractivity contribution in [3.05, 3.63) is 23.8 Å². The molecule has 1 heterocycles. The SMILES string of the molecule is O=C1CC=Nc2ccc(C(F)(F)F)cc2N1. The van der Waals surface area contributed by atoms with Gasteiger partial charge in [0.1, 0.15) is 0 Å². The Morgan fingerprint density at radius 2 is 2.06 bits per heavy atom. The summed E-state index contributed by atoms with van der Waals surface area (Å²) in [6.45, 7) is 0. The summed E-state index contributed by atoms with van der Waals surface area (Å²) < 4.78 is 37.2. The number of benzene rings is 1. The molecule has 1 amide bonds. The highest BCUT2D eigenvalue weighted by atomic mass is 19.4. The van der Waals surface area contributed by atoms with Gasteiger partial charge in [-0.1, -0.05) is 0 Å². The van der Waals surface area contributed by atoms with E-state index < -0.39 is 11.7 Å². The van der Waals surface area contributed by atoms with Gasteiger partial charge in [-0.15, -0.1) is 0 Å². The van der Waals surface area contributed by atoms with Gasteiger partial charge in [0.05, 0.1) is 23.4 Å². The van der Waals surface area contributed by atoms with E-state index in [0.717, 1.165) is 12.1 Å². The maximum atomic E-state index is 12.4. The predicted octanol–water partition coefficient (Wildman–Crippen LogP) is 2.75. The van der Waals surface area contributed by atoms with Gasteiger partial charge in [0.25, 0.3) is 0 Å². The molecule has 1 aromatic carbocycles. The Labute approximate surface area is 89.0 Å². The number of fused-ring (bicyclic) bond motifs is 1. The van der Waals surface area contributed by atoms with E-state index >= 15 is 0 Å². The first-order valence-corrected chi connectivity index (χ1v) is 4.50. The third-order valence-corrected chi connectivity index (χ3v) is 2.11. The number of nitrogens with zero attached hydrogens (tertiary/aromatic N) is 1. The quantitative estimate of drug-likeness (QED) is 0.728. The Morgan fingerprint density at radius 3 is 2.75 bits per heavy atom. The van der Waals surface area contributed by atoms with Crippen LogP contribution < -0.4 is 5.32 Å². The molecule has 0 saturated heterocycles. The van der Waals surface area contributed by atoms with Crippen molar-refractivity contribution < 1.29 is 18.0 Å². The molecule has 3 nitrogen and oxygen atoms in total. The molecule has 0 aromatic heterocycles. The standard InChI is InChI=1S/C10H7F3N2O/c11-10(12,13)6-1-2-7-8(5-6)15-9(16)3-4-14-7/h1-2,4-5H,3H2,(H,15,16). The molecule has 2 rings (SSSR count). The number of hydrogen-bond donors (Lipinski definition) is 1. The van der Waals surface area contributed by atoms with Crippen LogP contribution in [-0.2, 0) is 11.0 Å². The minimum absolute atomic E-state index is 0.0655. The lowest BCUT2D eigenvalue weighted by molar-refractivity contribution is -0.137. The predicted molar refractivity (Wildman–Crippen MR) is 52.8 cm³/mol. The van der Waals surface area contributed by atoms with Crippen LogP contribution in [0.2, 0.25) is 0 Å². The topological polar surface area (TPSA) is 41.5 Å². The van der Waals surface area contributed by atoms with Crippen LogP contribution in [0.1, 0.15) is 12.0 Å². The molecule has 0 unspecified atom stereocenters. The van der Waals surface area contributed by atoms with Crippen LogP contribution in [0, 0.1) is 0 Å². The molecule has 0 bridgehead atoms. The smallest absolute Gasteiger partial charge is 0.324 e. The molecule has 1 aliphatic heterocycles. The Bertz CT molecular complexity index is 466. The van der Waals surface area contributed by atoms with Gasteiger partial charge >= 0.3 is 6.18 Å². The number of carbonyl (C=O) groups is 1. The van der Waals surface area contributed by atoms with Crippen LogP contribution in [0.3, 0.4) is 0 Å². The maximum absolute atomic E-state index is 12.4. The number of halogens is 3. The van der Waals surface area contributed by atoms with E-state index in [9.17, 15) is 18.0 Å². The lowest BCUT2D eigenvalue weighted by Crippen LogP contribution is -2.11. The Kier molecular flexibility index (Phi) is 2.41. The van der Waals surface area contributed by atoms with Crippen molar-refractivity contribution in [3.63, 3.8) is 0 Å². The van der Waals surface area contributed by atoms with Crippen LogP contribution in [0.5, 0.6) is 0 Å². The van der Waals surface area contributed by atoms with Crippen LogP contribution in [0.25, 0.3) is 0 Å². The molecule has 0 saturated carbocycles. The van der Waals surface area contributed by atoms with E-state index in [1.54, 1.807) is 0 Å². The molecule has 1 N–H and O–H groups in total.